The lowest BCUT2D eigenvalue weighted by Gasteiger charge is -2.31. The number of rotatable bonds is 4. The number of nitrogens with two attached hydrogens (primary N) is 1. The first-order valence-electron chi connectivity index (χ1n) is 7.31. The summed E-state index contributed by atoms with van der Waals surface area (Å²) in [5.41, 5.74) is 8.47. The second-order valence-corrected chi connectivity index (χ2v) is 5.55. The number of hydrogen-bond donors (Lipinski definition) is 1. The summed E-state index contributed by atoms with van der Waals surface area (Å²) in [6, 6.07) is 8.22. The van der Waals surface area contributed by atoms with E-state index in [0.717, 1.165) is 19.0 Å². The first-order valence-corrected chi connectivity index (χ1v) is 7.31. The standard InChI is InChI=1S/C16H25N3O/c1-13-7-9-19(10-8-13)16(17)18-11-14-5-3-4-6-15(14)12-20-2/h3-6,13H,7-12H2,1-2H3,(H2,17,18). The van der Waals surface area contributed by atoms with Gasteiger partial charge < -0.3 is 15.4 Å². The Morgan fingerprint density at radius 1 is 1.30 bits per heavy atom. The van der Waals surface area contributed by atoms with Crippen LogP contribution in [-0.2, 0) is 17.9 Å². The molecule has 0 bridgehead atoms. The van der Waals surface area contributed by atoms with Crippen molar-refractivity contribution in [2.75, 3.05) is 20.2 Å². The van der Waals surface area contributed by atoms with Gasteiger partial charge in [0.2, 0.25) is 0 Å². The molecule has 4 heteroatoms. The zero-order chi connectivity index (χ0) is 14.4. The molecule has 110 valence electrons. The van der Waals surface area contributed by atoms with Crippen LogP contribution in [0.1, 0.15) is 30.9 Å². The third kappa shape index (κ3) is 3.97. The average molecular weight is 275 g/mol. The number of aliphatic imine (C=N–C) groups is 1. The van der Waals surface area contributed by atoms with Crippen LogP contribution in [0, 0.1) is 5.92 Å². The number of methoxy groups -OCH3 is 1. The van der Waals surface area contributed by atoms with E-state index in [-0.39, 0.29) is 0 Å². The average Bonchev–Trinajstić information content (AvgIpc) is 2.47. The molecule has 1 aliphatic heterocycles. The van der Waals surface area contributed by atoms with E-state index >= 15 is 0 Å². The molecule has 2 rings (SSSR count). The number of hydrogen-bond acceptors (Lipinski definition) is 2. The number of ether oxygens (including phenoxy) is 1. The molecular formula is C16H25N3O. The zero-order valence-electron chi connectivity index (χ0n) is 12.5. The Bertz CT molecular complexity index is 451. The summed E-state index contributed by atoms with van der Waals surface area (Å²) in [5, 5.41) is 0. The third-order valence-corrected chi connectivity index (χ3v) is 3.94. The maximum absolute atomic E-state index is 6.11. The van der Waals surface area contributed by atoms with Gasteiger partial charge in [0, 0.05) is 20.2 Å². The number of piperidine rings is 1. The summed E-state index contributed by atoms with van der Waals surface area (Å²) in [7, 11) is 1.71. The summed E-state index contributed by atoms with van der Waals surface area (Å²) in [6.45, 7) is 5.59. The van der Waals surface area contributed by atoms with Gasteiger partial charge in [-0.3, -0.25) is 0 Å². The van der Waals surface area contributed by atoms with E-state index in [0.29, 0.717) is 19.1 Å². The highest BCUT2D eigenvalue weighted by atomic mass is 16.5. The van der Waals surface area contributed by atoms with Crippen molar-refractivity contribution in [3.05, 3.63) is 35.4 Å². The van der Waals surface area contributed by atoms with Gasteiger partial charge in [-0.15, -0.1) is 0 Å². The fourth-order valence-corrected chi connectivity index (χ4v) is 2.51. The highest BCUT2D eigenvalue weighted by Crippen LogP contribution is 2.16. The van der Waals surface area contributed by atoms with Gasteiger partial charge in [-0.25, -0.2) is 4.99 Å². The SMILES string of the molecule is COCc1ccccc1CN=C(N)N1CCC(C)CC1. The lowest BCUT2D eigenvalue weighted by Crippen LogP contribution is -2.42. The van der Waals surface area contributed by atoms with E-state index in [1.165, 1.54) is 24.0 Å². The summed E-state index contributed by atoms with van der Waals surface area (Å²) >= 11 is 0. The quantitative estimate of drug-likeness (QED) is 0.678. The maximum Gasteiger partial charge on any atom is 0.191 e. The summed E-state index contributed by atoms with van der Waals surface area (Å²) in [6.07, 6.45) is 2.41. The Labute approximate surface area is 121 Å². The van der Waals surface area contributed by atoms with Crippen LogP contribution in [0.4, 0.5) is 0 Å². The van der Waals surface area contributed by atoms with Crippen molar-refractivity contribution in [3.8, 4) is 0 Å². The number of nitrogens with zero attached hydrogens (tertiary/aromatic N) is 2. The molecule has 1 fully saturated rings. The first-order chi connectivity index (χ1) is 9.70. The number of likely N-dealkylation sites (tertiary alicyclic amines) is 1. The predicted octanol–water partition coefficient (Wildman–Crippen LogP) is 2.38. The molecule has 0 unspecified atom stereocenters. The van der Waals surface area contributed by atoms with Gasteiger partial charge in [0.15, 0.2) is 5.96 Å². The van der Waals surface area contributed by atoms with Crippen molar-refractivity contribution in [3.63, 3.8) is 0 Å². The van der Waals surface area contributed by atoms with E-state index < -0.39 is 0 Å². The molecule has 0 radical (unpaired) electrons. The number of guanidine groups is 1. The van der Waals surface area contributed by atoms with Crippen molar-refractivity contribution < 1.29 is 4.74 Å². The summed E-state index contributed by atoms with van der Waals surface area (Å²) < 4.78 is 5.21. The van der Waals surface area contributed by atoms with Gasteiger partial charge >= 0.3 is 0 Å². The maximum atomic E-state index is 6.11. The van der Waals surface area contributed by atoms with Crippen molar-refractivity contribution in [2.45, 2.75) is 32.9 Å². The van der Waals surface area contributed by atoms with E-state index in [9.17, 15) is 0 Å². The molecule has 2 N–H and O–H groups in total. The lowest BCUT2D eigenvalue weighted by molar-refractivity contribution is 0.184. The molecule has 20 heavy (non-hydrogen) atoms. The van der Waals surface area contributed by atoms with Crippen LogP contribution in [0.3, 0.4) is 0 Å². The van der Waals surface area contributed by atoms with Crippen LogP contribution in [0.5, 0.6) is 0 Å². The van der Waals surface area contributed by atoms with Crippen molar-refractivity contribution in [1.82, 2.24) is 4.90 Å². The van der Waals surface area contributed by atoms with E-state index in [1.807, 2.05) is 12.1 Å². The molecule has 0 atom stereocenters. The summed E-state index contributed by atoms with van der Waals surface area (Å²) in [5.74, 6) is 1.48. The van der Waals surface area contributed by atoms with Crippen LogP contribution in [-0.4, -0.2) is 31.1 Å². The summed E-state index contributed by atoms with van der Waals surface area (Å²) in [4.78, 5) is 6.74. The molecule has 0 spiro atoms. The van der Waals surface area contributed by atoms with Crippen molar-refractivity contribution >= 4 is 5.96 Å². The van der Waals surface area contributed by atoms with Crippen LogP contribution in [0.25, 0.3) is 0 Å². The monoisotopic (exact) mass is 275 g/mol. The predicted molar refractivity (Wildman–Crippen MR) is 82.5 cm³/mol. The van der Waals surface area contributed by atoms with E-state index in [1.54, 1.807) is 7.11 Å². The van der Waals surface area contributed by atoms with Crippen LogP contribution >= 0.6 is 0 Å². The fourth-order valence-electron chi connectivity index (χ4n) is 2.51. The molecule has 1 aromatic carbocycles. The van der Waals surface area contributed by atoms with Crippen molar-refractivity contribution in [2.24, 2.45) is 16.6 Å². The molecule has 0 amide bonds. The zero-order valence-corrected chi connectivity index (χ0v) is 12.5. The van der Waals surface area contributed by atoms with Crippen LogP contribution < -0.4 is 5.73 Å². The molecular weight excluding hydrogens is 250 g/mol. The van der Waals surface area contributed by atoms with E-state index in [4.69, 9.17) is 10.5 Å². The van der Waals surface area contributed by atoms with Gasteiger partial charge in [-0.1, -0.05) is 31.2 Å². The topological polar surface area (TPSA) is 50.9 Å². The Hall–Kier alpha value is -1.55. The Morgan fingerprint density at radius 2 is 1.95 bits per heavy atom. The largest absolute Gasteiger partial charge is 0.380 e. The van der Waals surface area contributed by atoms with Crippen molar-refractivity contribution in [1.29, 1.82) is 0 Å². The molecule has 1 saturated heterocycles. The van der Waals surface area contributed by atoms with Gasteiger partial charge in [0.1, 0.15) is 0 Å². The molecule has 0 saturated carbocycles. The fraction of sp³-hybridized carbons (Fsp3) is 0.562. The van der Waals surface area contributed by atoms with Gasteiger partial charge in [0.25, 0.3) is 0 Å². The Kier molecular flexibility index (Phi) is 5.41. The van der Waals surface area contributed by atoms with Crippen LogP contribution in [0.15, 0.2) is 29.3 Å². The smallest absolute Gasteiger partial charge is 0.191 e. The minimum atomic E-state index is 0.618. The molecule has 1 aliphatic rings. The second kappa shape index (κ2) is 7.29. The highest BCUT2D eigenvalue weighted by molar-refractivity contribution is 5.78. The van der Waals surface area contributed by atoms with Gasteiger partial charge in [-0.05, 0) is 29.9 Å². The molecule has 1 heterocycles. The van der Waals surface area contributed by atoms with Gasteiger partial charge in [-0.2, -0.15) is 0 Å². The Morgan fingerprint density at radius 3 is 2.60 bits per heavy atom. The first kappa shape index (κ1) is 14.9. The molecule has 0 aromatic heterocycles. The van der Waals surface area contributed by atoms with Gasteiger partial charge in [0.05, 0.1) is 13.2 Å². The number of benzene rings is 1. The molecule has 4 nitrogen and oxygen atoms in total. The van der Waals surface area contributed by atoms with Crippen LogP contribution in [0.2, 0.25) is 0 Å². The third-order valence-electron chi connectivity index (χ3n) is 3.94. The minimum absolute atomic E-state index is 0.618. The normalized spacial score (nSPS) is 17.5. The molecule has 0 aliphatic carbocycles. The Balaban J connectivity index is 1.98. The highest BCUT2D eigenvalue weighted by Gasteiger charge is 2.16. The molecule has 1 aromatic rings. The minimum Gasteiger partial charge on any atom is -0.380 e. The second-order valence-electron chi connectivity index (χ2n) is 5.55. The van der Waals surface area contributed by atoms with E-state index in [2.05, 4.69) is 28.9 Å². The lowest BCUT2D eigenvalue weighted by atomic mass is 10.00.